The van der Waals surface area contributed by atoms with Gasteiger partial charge in [0.05, 0.1) is 24.5 Å². The largest absolute Gasteiger partial charge is 0.477 e. The number of carbonyl (C=O) groups excluding carboxylic acids is 4. The van der Waals surface area contributed by atoms with Crippen molar-refractivity contribution >= 4 is 69.2 Å². The van der Waals surface area contributed by atoms with Gasteiger partial charge in [0.2, 0.25) is 11.8 Å². The molecule has 5 N–H and O–H groups in total. The highest BCUT2D eigenvalue weighted by molar-refractivity contribution is 6.40. The van der Waals surface area contributed by atoms with Gasteiger partial charge in [0.25, 0.3) is 0 Å². The number of piperazine rings is 1. The zero-order valence-electron chi connectivity index (χ0n) is 28.4. The van der Waals surface area contributed by atoms with Crippen LogP contribution < -0.4 is 20.9 Å². The average Bonchev–Trinajstić information content (AvgIpc) is 3.83. The molecule has 4 amide bonds. The molecule has 0 unspecified atom stereocenters. The lowest BCUT2D eigenvalue weighted by Gasteiger charge is -2.34. The van der Waals surface area contributed by atoms with Crippen molar-refractivity contribution in [1.29, 1.82) is 0 Å². The number of nitrogens with one attached hydrogen (secondary N) is 4. The minimum Gasteiger partial charge on any atom is -0.477 e. The third kappa shape index (κ3) is 9.01. The van der Waals surface area contributed by atoms with E-state index in [1.54, 1.807) is 59.5 Å². The minimum atomic E-state index is -1.25. The zero-order chi connectivity index (χ0) is 37.5. The van der Waals surface area contributed by atoms with Crippen molar-refractivity contribution in [3.05, 3.63) is 89.3 Å². The molecule has 5 aromatic rings. The number of aromatic carboxylic acids is 1. The minimum absolute atomic E-state index is 0.0174. The predicted octanol–water partition coefficient (Wildman–Crippen LogP) is 2.49. The molecule has 1 saturated heterocycles. The molecule has 1 atom stereocenters. The molecule has 1 fully saturated rings. The molecule has 2 aromatic heterocycles. The Hall–Kier alpha value is -6.17. The van der Waals surface area contributed by atoms with Crippen LogP contribution in [0, 0.1) is 0 Å². The fraction of sp³-hybridized carbons (Fsp3) is 0.257. The van der Waals surface area contributed by atoms with Gasteiger partial charge in [-0.05, 0) is 77.5 Å². The lowest BCUT2D eigenvalue weighted by molar-refractivity contribution is -0.137. The van der Waals surface area contributed by atoms with E-state index in [9.17, 15) is 29.1 Å². The molecular formula is C35H35ClN10O7. The summed E-state index contributed by atoms with van der Waals surface area (Å²) in [5.41, 5.74) is 2.68. The van der Waals surface area contributed by atoms with Crippen LogP contribution in [0.3, 0.4) is 0 Å². The number of carboxylic acids is 1. The Balaban J connectivity index is 1.18. The van der Waals surface area contributed by atoms with E-state index in [0.717, 1.165) is 0 Å². The normalized spacial score (nSPS) is 13.8. The number of tetrazole rings is 1. The van der Waals surface area contributed by atoms with E-state index in [2.05, 4.69) is 36.5 Å². The Bertz CT molecular complexity index is 2140. The number of fused-ring (bicyclic) bond motifs is 1. The van der Waals surface area contributed by atoms with Gasteiger partial charge < -0.3 is 35.7 Å². The van der Waals surface area contributed by atoms with Crippen LogP contribution in [0.1, 0.15) is 23.0 Å². The van der Waals surface area contributed by atoms with Crippen molar-refractivity contribution < 1.29 is 33.8 Å². The molecule has 6 rings (SSSR count). The standard InChI is InChI=1S/C35H35ClN10O7/c1-2-53-14-13-44-11-12-45(31(47)19-44)25-7-3-21(4-8-25)15-28(32(48)38-24-6-9-26-22(16-24)17-29(39-26)35(51)52)41-34(50)33(49)40-27-18-23(36)5-10-30(27)46-20-37-42-43-46/h3-10,16-18,20,28,39H,2,11-15,19H2,1H3,(H,38,48)(H,40,49)(H,41,50)(H,51,52)/t28-/m0/s1. The number of hydrogen-bond acceptors (Lipinski definition) is 10. The van der Waals surface area contributed by atoms with Crippen LogP contribution in [-0.4, -0.2) is 110 Å². The molecule has 0 bridgehead atoms. The molecule has 53 heavy (non-hydrogen) atoms. The Kier molecular flexibility index (Phi) is 11.4. The smallest absolute Gasteiger partial charge is 0.352 e. The molecule has 0 spiro atoms. The van der Waals surface area contributed by atoms with E-state index in [0.29, 0.717) is 66.4 Å². The summed E-state index contributed by atoms with van der Waals surface area (Å²) < 4.78 is 6.69. The van der Waals surface area contributed by atoms with Gasteiger partial charge in [-0.1, -0.05) is 23.7 Å². The summed E-state index contributed by atoms with van der Waals surface area (Å²) in [7, 11) is 0. The number of nitrogens with zero attached hydrogens (tertiary/aromatic N) is 6. The monoisotopic (exact) mass is 742 g/mol. The maximum atomic E-state index is 13.8. The van der Waals surface area contributed by atoms with Crippen molar-refractivity contribution in [2.45, 2.75) is 19.4 Å². The lowest BCUT2D eigenvalue weighted by atomic mass is 10.0. The van der Waals surface area contributed by atoms with Crippen molar-refractivity contribution in [3.63, 3.8) is 0 Å². The average molecular weight is 743 g/mol. The maximum absolute atomic E-state index is 13.8. The second kappa shape index (κ2) is 16.4. The molecule has 0 radical (unpaired) electrons. The third-order valence-corrected chi connectivity index (χ3v) is 8.73. The highest BCUT2D eigenvalue weighted by Crippen LogP contribution is 2.25. The van der Waals surface area contributed by atoms with Crippen molar-refractivity contribution in [2.75, 3.05) is 54.9 Å². The van der Waals surface area contributed by atoms with Crippen LogP contribution in [0.15, 0.2) is 73.1 Å². The van der Waals surface area contributed by atoms with Crippen molar-refractivity contribution in [3.8, 4) is 5.69 Å². The molecule has 0 aliphatic carbocycles. The fourth-order valence-electron chi connectivity index (χ4n) is 5.82. The number of rotatable bonds is 13. The molecule has 17 nitrogen and oxygen atoms in total. The van der Waals surface area contributed by atoms with Gasteiger partial charge in [0.1, 0.15) is 18.1 Å². The number of halogens is 1. The van der Waals surface area contributed by atoms with E-state index in [1.807, 2.05) is 11.8 Å². The molecule has 1 aliphatic rings. The SMILES string of the molecule is CCOCCN1CCN(c2ccc(C[C@H](NC(=O)C(=O)Nc3cc(Cl)ccc3-n3cnnn3)C(=O)Nc3ccc4[nH]c(C(=O)O)cc4c3)cc2)C(=O)C1. The number of ether oxygens (including phenoxy) is 1. The fourth-order valence-corrected chi connectivity index (χ4v) is 5.99. The first-order valence-electron chi connectivity index (χ1n) is 16.6. The number of aromatic nitrogens is 5. The zero-order valence-corrected chi connectivity index (χ0v) is 29.2. The lowest BCUT2D eigenvalue weighted by Crippen LogP contribution is -2.51. The third-order valence-electron chi connectivity index (χ3n) is 8.49. The number of benzene rings is 3. The Morgan fingerprint density at radius 2 is 1.81 bits per heavy atom. The van der Waals surface area contributed by atoms with Crippen LogP contribution in [0.5, 0.6) is 0 Å². The number of anilines is 3. The number of amides is 4. The number of H-pyrrole nitrogens is 1. The van der Waals surface area contributed by atoms with Crippen LogP contribution in [0.4, 0.5) is 17.1 Å². The molecule has 1 aliphatic heterocycles. The van der Waals surface area contributed by atoms with E-state index in [1.165, 1.54) is 23.1 Å². The second-order valence-corrected chi connectivity index (χ2v) is 12.5. The first-order chi connectivity index (χ1) is 25.6. The number of carbonyl (C=O) groups is 5. The Morgan fingerprint density at radius 1 is 1.00 bits per heavy atom. The van der Waals surface area contributed by atoms with Crippen LogP contribution in [-0.2, 0) is 30.3 Å². The number of aromatic amines is 1. The summed E-state index contributed by atoms with van der Waals surface area (Å²) in [6.45, 7) is 5.22. The van der Waals surface area contributed by atoms with Crippen LogP contribution in [0.25, 0.3) is 16.6 Å². The molecule has 0 saturated carbocycles. The van der Waals surface area contributed by atoms with Crippen molar-refractivity contribution in [1.82, 2.24) is 35.4 Å². The first-order valence-corrected chi connectivity index (χ1v) is 17.0. The highest BCUT2D eigenvalue weighted by Gasteiger charge is 2.28. The molecule has 3 aromatic carbocycles. The second-order valence-electron chi connectivity index (χ2n) is 12.1. The van der Waals surface area contributed by atoms with Crippen LogP contribution in [0.2, 0.25) is 5.02 Å². The van der Waals surface area contributed by atoms with Crippen molar-refractivity contribution in [2.24, 2.45) is 0 Å². The van der Waals surface area contributed by atoms with Gasteiger partial charge in [-0.3, -0.25) is 24.1 Å². The number of carboxylic acid groups (broad SMARTS) is 1. The Labute approximate surface area is 307 Å². The highest BCUT2D eigenvalue weighted by atomic mass is 35.5. The van der Waals surface area contributed by atoms with Crippen LogP contribution >= 0.6 is 11.6 Å². The van der Waals surface area contributed by atoms with E-state index < -0.39 is 29.7 Å². The summed E-state index contributed by atoms with van der Waals surface area (Å²) >= 11 is 6.16. The quantitative estimate of drug-likeness (QED) is 0.0872. The summed E-state index contributed by atoms with van der Waals surface area (Å²) in [5, 5.41) is 29.0. The molecular weight excluding hydrogens is 708 g/mol. The van der Waals surface area contributed by atoms with Gasteiger partial charge >= 0.3 is 17.8 Å². The van der Waals surface area contributed by atoms with Gasteiger partial charge in [-0.25, -0.2) is 4.79 Å². The van der Waals surface area contributed by atoms with Gasteiger partial charge in [0.15, 0.2) is 0 Å². The van der Waals surface area contributed by atoms with E-state index in [4.69, 9.17) is 16.3 Å². The molecule has 3 heterocycles. The number of hydrogen-bond donors (Lipinski definition) is 5. The topological polar surface area (TPSA) is 217 Å². The maximum Gasteiger partial charge on any atom is 0.352 e. The van der Waals surface area contributed by atoms with Gasteiger partial charge in [-0.15, -0.1) is 5.10 Å². The summed E-state index contributed by atoms with van der Waals surface area (Å²) in [5.74, 6) is -4.01. The van der Waals surface area contributed by atoms with E-state index >= 15 is 0 Å². The van der Waals surface area contributed by atoms with Gasteiger partial charge in [0, 0.05) is 60.0 Å². The predicted molar refractivity (Wildman–Crippen MR) is 194 cm³/mol. The van der Waals surface area contributed by atoms with E-state index in [-0.39, 0.29) is 35.3 Å². The molecule has 18 heteroatoms. The van der Waals surface area contributed by atoms with Gasteiger partial charge in [-0.2, -0.15) is 4.68 Å². The molecule has 274 valence electrons. The first kappa shape index (κ1) is 36.6. The summed E-state index contributed by atoms with van der Waals surface area (Å²) in [6, 6.07) is 16.6. The Morgan fingerprint density at radius 3 is 2.53 bits per heavy atom. The summed E-state index contributed by atoms with van der Waals surface area (Å²) in [4.78, 5) is 71.2. The summed E-state index contributed by atoms with van der Waals surface area (Å²) in [6.07, 6.45) is 1.28.